The fourth-order valence-electron chi connectivity index (χ4n) is 3.76. The number of hydrogen-bond donors (Lipinski definition) is 1. The predicted octanol–water partition coefficient (Wildman–Crippen LogP) is 2.02. The second kappa shape index (κ2) is 5.68. The molecule has 0 aromatic carbocycles. The van der Waals surface area contributed by atoms with Crippen LogP contribution < -0.4 is 5.32 Å². The molecular weight excluding hydrogens is 212 g/mol. The Hall–Kier alpha value is -0.120. The lowest BCUT2D eigenvalue weighted by Gasteiger charge is -2.48. The molecule has 0 spiro atoms. The summed E-state index contributed by atoms with van der Waals surface area (Å²) < 4.78 is 5.52. The van der Waals surface area contributed by atoms with Crippen LogP contribution in [-0.4, -0.2) is 49.3 Å². The number of nitrogens with one attached hydrogen (secondary N) is 1. The molecular formula is C14H28N2O. The summed E-state index contributed by atoms with van der Waals surface area (Å²) in [5, 5.41) is 3.76. The van der Waals surface area contributed by atoms with Crippen LogP contribution in [0.1, 0.15) is 46.0 Å². The zero-order valence-electron chi connectivity index (χ0n) is 11.7. The topological polar surface area (TPSA) is 24.5 Å². The lowest BCUT2D eigenvalue weighted by molar-refractivity contribution is 0.00462. The minimum Gasteiger partial charge on any atom is -0.383 e. The van der Waals surface area contributed by atoms with E-state index in [2.05, 4.69) is 24.1 Å². The summed E-state index contributed by atoms with van der Waals surface area (Å²) in [7, 11) is 1.84. The van der Waals surface area contributed by atoms with Gasteiger partial charge in [-0.3, -0.25) is 4.90 Å². The minimum atomic E-state index is 0.222. The standard InChI is InChI=1S/C14H28N2O/c1-12(2)16-10-5-4-7-13(16)14(11-17-3)8-6-9-15-14/h12-13,15H,4-11H2,1-3H3. The maximum absolute atomic E-state index is 5.52. The van der Waals surface area contributed by atoms with Crippen molar-refractivity contribution in [2.75, 3.05) is 26.8 Å². The van der Waals surface area contributed by atoms with Crippen LogP contribution in [0.15, 0.2) is 0 Å². The lowest BCUT2D eigenvalue weighted by Crippen LogP contribution is -2.63. The molecule has 2 unspecified atom stereocenters. The quantitative estimate of drug-likeness (QED) is 0.813. The summed E-state index contributed by atoms with van der Waals surface area (Å²) in [6.45, 7) is 7.93. The van der Waals surface area contributed by atoms with E-state index in [9.17, 15) is 0 Å². The van der Waals surface area contributed by atoms with E-state index in [0.717, 1.165) is 13.2 Å². The highest BCUT2D eigenvalue weighted by Gasteiger charge is 2.45. The number of rotatable bonds is 4. The van der Waals surface area contributed by atoms with Crippen molar-refractivity contribution in [1.29, 1.82) is 0 Å². The van der Waals surface area contributed by atoms with Crippen LogP contribution in [0.2, 0.25) is 0 Å². The molecule has 0 bridgehead atoms. The van der Waals surface area contributed by atoms with Gasteiger partial charge in [-0.25, -0.2) is 0 Å². The van der Waals surface area contributed by atoms with E-state index in [0.29, 0.717) is 12.1 Å². The van der Waals surface area contributed by atoms with Crippen molar-refractivity contribution in [3.8, 4) is 0 Å². The van der Waals surface area contributed by atoms with Crippen LogP contribution in [-0.2, 0) is 4.74 Å². The van der Waals surface area contributed by atoms with Crippen molar-refractivity contribution in [2.45, 2.75) is 63.6 Å². The van der Waals surface area contributed by atoms with Crippen molar-refractivity contribution >= 4 is 0 Å². The number of piperidine rings is 1. The molecule has 2 aliphatic rings. The Kier molecular flexibility index (Phi) is 4.45. The van der Waals surface area contributed by atoms with Gasteiger partial charge in [-0.05, 0) is 52.6 Å². The summed E-state index contributed by atoms with van der Waals surface area (Å²) >= 11 is 0. The Labute approximate surface area is 106 Å². The molecule has 3 heteroatoms. The third-order valence-corrected chi connectivity index (χ3v) is 4.52. The van der Waals surface area contributed by atoms with Gasteiger partial charge in [0.1, 0.15) is 0 Å². The third-order valence-electron chi connectivity index (χ3n) is 4.52. The van der Waals surface area contributed by atoms with E-state index in [-0.39, 0.29) is 5.54 Å². The van der Waals surface area contributed by atoms with Crippen molar-refractivity contribution in [3.63, 3.8) is 0 Å². The van der Waals surface area contributed by atoms with Crippen LogP contribution in [0, 0.1) is 0 Å². The van der Waals surface area contributed by atoms with E-state index in [1.807, 2.05) is 7.11 Å². The molecule has 2 saturated heterocycles. The average molecular weight is 240 g/mol. The Balaban J connectivity index is 2.14. The van der Waals surface area contributed by atoms with Gasteiger partial charge >= 0.3 is 0 Å². The summed E-state index contributed by atoms with van der Waals surface area (Å²) in [6.07, 6.45) is 6.63. The predicted molar refractivity (Wildman–Crippen MR) is 71.3 cm³/mol. The van der Waals surface area contributed by atoms with E-state index >= 15 is 0 Å². The highest BCUT2D eigenvalue weighted by molar-refractivity contribution is 5.04. The fraction of sp³-hybridized carbons (Fsp3) is 1.00. The highest BCUT2D eigenvalue weighted by atomic mass is 16.5. The zero-order chi connectivity index (χ0) is 12.3. The molecule has 2 fully saturated rings. The van der Waals surface area contributed by atoms with Crippen LogP contribution >= 0.6 is 0 Å². The van der Waals surface area contributed by atoms with Crippen LogP contribution in [0.25, 0.3) is 0 Å². The molecule has 0 aromatic rings. The van der Waals surface area contributed by atoms with Crippen molar-refractivity contribution < 1.29 is 4.74 Å². The second-order valence-electron chi connectivity index (χ2n) is 5.96. The molecule has 2 heterocycles. The highest BCUT2D eigenvalue weighted by Crippen LogP contribution is 2.34. The van der Waals surface area contributed by atoms with Gasteiger partial charge in [0.15, 0.2) is 0 Å². The first-order chi connectivity index (χ1) is 8.19. The summed E-state index contributed by atoms with van der Waals surface area (Å²) in [5.74, 6) is 0. The zero-order valence-corrected chi connectivity index (χ0v) is 11.7. The average Bonchev–Trinajstić information content (AvgIpc) is 2.79. The Morgan fingerprint density at radius 3 is 2.76 bits per heavy atom. The number of methoxy groups -OCH3 is 1. The van der Waals surface area contributed by atoms with Crippen LogP contribution in [0.5, 0.6) is 0 Å². The summed E-state index contributed by atoms with van der Waals surface area (Å²) in [6, 6.07) is 1.31. The van der Waals surface area contributed by atoms with Gasteiger partial charge < -0.3 is 10.1 Å². The molecule has 100 valence electrons. The fourth-order valence-corrected chi connectivity index (χ4v) is 3.76. The van der Waals surface area contributed by atoms with E-state index in [1.54, 1.807) is 0 Å². The van der Waals surface area contributed by atoms with Gasteiger partial charge in [-0.15, -0.1) is 0 Å². The third kappa shape index (κ3) is 2.67. The minimum absolute atomic E-state index is 0.222. The smallest absolute Gasteiger partial charge is 0.0659 e. The van der Waals surface area contributed by atoms with Gasteiger partial charge in [-0.2, -0.15) is 0 Å². The first kappa shape index (κ1) is 13.3. The summed E-state index contributed by atoms with van der Waals surface area (Å²) in [5.41, 5.74) is 0.222. The molecule has 0 amide bonds. The number of hydrogen-bond acceptors (Lipinski definition) is 3. The molecule has 1 N–H and O–H groups in total. The van der Waals surface area contributed by atoms with Gasteiger partial charge in [0.2, 0.25) is 0 Å². The first-order valence-electron chi connectivity index (χ1n) is 7.19. The maximum atomic E-state index is 5.52. The SMILES string of the molecule is COCC1(C2CCCCN2C(C)C)CCCN1. The van der Waals surface area contributed by atoms with Gasteiger partial charge in [0.05, 0.1) is 12.1 Å². The van der Waals surface area contributed by atoms with E-state index in [1.165, 1.54) is 38.6 Å². The van der Waals surface area contributed by atoms with E-state index < -0.39 is 0 Å². The van der Waals surface area contributed by atoms with Crippen molar-refractivity contribution in [3.05, 3.63) is 0 Å². The molecule has 0 aromatic heterocycles. The normalized spacial score (nSPS) is 35.6. The number of likely N-dealkylation sites (tertiary alicyclic amines) is 1. The lowest BCUT2D eigenvalue weighted by atomic mass is 9.82. The summed E-state index contributed by atoms with van der Waals surface area (Å²) in [4.78, 5) is 2.70. The Morgan fingerprint density at radius 1 is 1.35 bits per heavy atom. The molecule has 0 saturated carbocycles. The van der Waals surface area contributed by atoms with E-state index in [4.69, 9.17) is 4.74 Å². The first-order valence-corrected chi connectivity index (χ1v) is 7.19. The van der Waals surface area contributed by atoms with Crippen LogP contribution in [0.4, 0.5) is 0 Å². The molecule has 0 aliphatic carbocycles. The van der Waals surface area contributed by atoms with Gasteiger partial charge in [0, 0.05) is 19.2 Å². The number of ether oxygens (including phenoxy) is 1. The van der Waals surface area contributed by atoms with Gasteiger partial charge in [-0.1, -0.05) is 6.42 Å². The van der Waals surface area contributed by atoms with Crippen LogP contribution in [0.3, 0.4) is 0 Å². The Morgan fingerprint density at radius 2 is 2.18 bits per heavy atom. The Bertz CT molecular complexity index is 236. The largest absolute Gasteiger partial charge is 0.383 e. The molecule has 17 heavy (non-hydrogen) atoms. The number of nitrogens with zero attached hydrogens (tertiary/aromatic N) is 1. The molecule has 0 radical (unpaired) electrons. The molecule has 2 rings (SSSR count). The molecule has 2 atom stereocenters. The molecule has 2 aliphatic heterocycles. The molecule has 3 nitrogen and oxygen atoms in total. The van der Waals surface area contributed by atoms with Crippen molar-refractivity contribution in [2.24, 2.45) is 0 Å². The maximum Gasteiger partial charge on any atom is 0.0659 e. The monoisotopic (exact) mass is 240 g/mol. The second-order valence-corrected chi connectivity index (χ2v) is 5.96. The van der Waals surface area contributed by atoms with Gasteiger partial charge in [0.25, 0.3) is 0 Å². The van der Waals surface area contributed by atoms with Crippen molar-refractivity contribution in [1.82, 2.24) is 10.2 Å².